The zero-order valence-electron chi connectivity index (χ0n) is 54.3. The fourth-order valence-corrected chi connectivity index (χ4v) is 10.9. The second-order valence-corrected chi connectivity index (χ2v) is 26.1. The molecule has 474 valence electrons. The third-order valence-electron chi connectivity index (χ3n) is 15.4. The molecule has 0 rings (SSSR count). The van der Waals surface area contributed by atoms with Crippen LogP contribution in [0.15, 0.2) is 60.8 Å². The number of unbranched alkanes of at least 4 members (excludes halogenated alkanes) is 39. The van der Waals surface area contributed by atoms with Crippen LogP contribution in [0.1, 0.15) is 329 Å². The molecule has 10 heteroatoms. The Morgan fingerprint density at radius 2 is 0.790 bits per heavy atom. The first kappa shape index (κ1) is 78.7. The second kappa shape index (κ2) is 60.8. The Morgan fingerprint density at radius 1 is 0.444 bits per heavy atom. The Morgan fingerprint density at radius 3 is 1.20 bits per heavy atom. The van der Waals surface area contributed by atoms with Crippen molar-refractivity contribution in [3.05, 3.63) is 60.8 Å². The lowest BCUT2D eigenvalue weighted by atomic mass is 10.0. The van der Waals surface area contributed by atoms with Gasteiger partial charge in [-0.05, 0) is 89.5 Å². The number of carbonyl (C=O) groups is 2. The van der Waals surface area contributed by atoms with Gasteiger partial charge in [0, 0.05) is 12.8 Å². The van der Waals surface area contributed by atoms with E-state index in [1.165, 1.54) is 205 Å². The van der Waals surface area contributed by atoms with Crippen LogP contribution in [0.4, 0.5) is 0 Å². The number of hydrogen-bond acceptors (Lipinski definition) is 6. The van der Waals surface area contributed by atoms with Gasteiger partial charge in [-0.15, -0.1) is 0 Å². The molecule has 0 aliphatic rings. The molecule has 0 spiro atoms. The molecule has 0 radical (unpaired) electrons. The monoisotopic (exact) mass is 1160 g/mol. The number of hydrogen-bond donors (Lipinski definition) is 2. The maximum Gasteiger partial charge on any atom is 0.472 e. The van der Waals surface area contributed by atoms with E-state index >= 15 is 0 Å². The van der Waals surface area contributed by atoms with Gasteiger partial charge in [0.1, 0.15) is 19.3 Å². The summed E-state index contributed by atoms with van der Waals surface area (Å²) >= 11 is 0. The normalized spacial score (nSPS) is 13.9. The molecule has 1 amide bonds. The molecule has 0 saturated heterocycles. The standard InChI is InChI=1S/C71H133N2O7P/c1-7-10-13-16-19-22-25-28-30-32-33-34-35-36-37-38-39-40-41-42-44-46-49-52-55-58-61-64-71(75)80-69(62-59-56-53-50-47-27-24-21-18-15-12-9-3)68(67-79-81(76,77)78-66-65-73(4,5)6)72-70(74)63-60-57-54-51-48-45-43-31-29-26-23-20-17-14-11-8-2/h11,14,20,23,28-31,59,62,68-69H,7-10,12-13,15-19,21-22,24-27,32-58,60-61,63-67H2,1-6H3,(H-,72,74,76,77)/p+1/b14-11+,23-20+,30-28+,31-29+,62-59-. The van der Waals surface area contributed by atoms with Crippen LogP contribution in [0.2, 0.25) is 0 Å². The molecule has 0 aliphatic heterocycles. The lowest BCUT2D eigenvalue weighted by Gasteiger charge is -2.27. The van der Waals surface area contributed by atoms with Gasteiger partial charge in [-0.2, -0.15) is 0 Å². The number of amides is 1. The van der Waals surface area contributed by atoms with Crippen LogP contribution in [0.25, 0.3) is 0 Å². The van der Waals surface area contributed by atoms with Crippen molar-refractivity contribution in [1.29, 1.82) is 0 Å². The van der Waals surface area contributed by atoms with E-state index in [1.807, 2.05) is 33.3 Å². The number of nitrogens with zero attached hydrogens (tertiary/aromatic N) is 1. The first-order chi connectivity index (χ1) is 39.4. The van der Waals surface area contributed by atoms with Gasteiger partial charge in [-0.3, -0.25) is 18.6 Å². The summed E-state index contributed by atoms with van der Waals surface area (Å²) in [6, 6.07) is -0.855. The van der Waals surface area contributed by atoms with E-state index in [0.29, 0.717) is 23.9 Å². The minimum Gasteiger partial charge on any atom is -0.456 e. The predicted molar refractivity (Wildman–Crippen MR) is 351 cm³/mol. The van der Waals surface area contributed by atoms with Crippen LogP contribution in [0, 0.1) is 0 Å². The van der Waals surface area contributed by atoms with Crippen molar-refractivity contribution in [1.82, 2.24) is 5.32 Å². The molecule has 0 fully saturated rings. The molecule has 0 heterocycles. The van der Waals surface area contributed by atoms with Gasteiger partial charge in [0.25, 0.3) is 0 Å². The van der Waals surface area contributed by atoms with Crippen molar-refractivity contribution in [3.8, 4) is 0 Å². The summed E-state index contributed by atoms with van der Waals surface area (Å²) in [5, 5.41) is 3.06. The van der Waals surface area contributed by atoms with E-state index < -0.39 is 20.0 Å². The van der Waals surface area contributed by atoms with Crippen LogP contribution in [-0.4, -0.2) is 74.3 Å². The highest BCUT2D eigenvalue weighted by atomic mass is 31.2. The number of nitrogens with one attached hydrogen (secondary N) is 1. The van der Waals surface area contributed by atoms with Crippen LogP contribution >= 0.6 is 7.82 Å². The zero-order valence-corrected chi connectivity index (χ0v) is 55.2. The SMILES string of the molecule is CC/C=C/C/C=C/C/C=C/CCCCCCCCC(=O)NC(COP(=O)(O)OCC[N+](C)(C)C)C(/C=C\CCCCCCCCCCCC)OC(=O)CCCCCCCCCCCCCCCCCCC/C=C/CCCCCCCC. The van der Waals surface area contributed by atoms with Crippen molar-refractivity contribution in [3.63, 3.8) is 0 Å². The molecular weight excluding hydrogens is 1020 g/mol. The Hall–Kier alpha value is -2.29. The van der Waals surface area contributed by atoms with E-state index in [9.17, 15) is 19.0 Å². The number of phosphoric ester groups is 1. The summed E-state index contributed by atoms with van der Waals surface area (Å²) in [5.41, 5.74) is 0. The van der Waals surface area contributed by atoms with Gasteiger partial charge in [-0.1, -0.05) is 287 Å². The Bertz CT molecular complexity index is 1570. The minimum absolute atomic E-state index is 0.0374. The molecular formula is C71H134N2O7P+. The largest absolute Gasteiger partial charge is 0.472 e. The Kier molecular flexibility index (Phi) is 59.1. The summed E-state index contributed by atoms with van der Waals surface area (Å²) in [4.78, 5) is 37.8. The summed E-state index contributed by atoms with van der Waals surface area (Å²) in [7, 11) is 1.49. The Labute approximate surface area is 502 Å². The van der Waals surface area contributed by atoms with Gasteiger partial charge in [-0.25, -0.2) is 4.57 Å². The number of allylic oxidation sites excluding steroid dienone is 9. The summed E-state index contributed by atoms with van der Waals surface area (Å²) < 4.78 is 30.8. The highest BCUT2D eigenvalue weighted by molar-refractivity contribution is 7.47. The Balaban J connectivity index is 5.01. The third-order valence-corrected chi connectivity index (χ3v) is 16.4. The molecule has 0 aromatic carbocycles. The minimum atomic E-state index is -4.45. The van der Waals surface area contributed by atoms with Crippen molar-refractivity contribution in [2.24, 2.45) is 0 Å². The van der Waals surface area contributed by atoms with Crippen LogP contribution in [0.5, 0.6) is 0 Å². The van der Waals surface area contributed by atoms with E-state index in [-0.39, 0.29) is 25.1 Å². The molecule has 81 heavy (non-hydrogen) atoms. The molecule has 0 aliphatic carbocycles. The number of likely N-dealkylation sites (N-methyl/N-ethyl adjacent to an activating group) is 1. The van der Waals surface area contributed by atoms with Gasteiger partial charge in [0.15, 0.2) is 0 Å². The van der Waals surface area contributed by atoms with Gasteiger partial charge in [0.05, 0.1) is 33.8 Å². The smallest absolute Gasteiger partial charge is 0.456 e. The lowest BCUT2D eigenvalue weighted by molar-refractivity contribution is -0.870. The molecule has 3 unspecified atom stereocenters. The van der Waals surface area contributed by atoms with E-state index in [0.717, 1.165) is 89.9 Å². The maximum absolute atomic E-state index is 13.6. The van der Waals surface area contributed by atoms with E-state index in [4.69, 9.17) is 13.8 Å². The zero-order chi connectivity index (χ0) is 59.3. The first-order valence-corrected chi connectivity index (χ1v) is 36.1. The summed E-state index contributed by atoms with van der Waals surface area (Å²) in [5.74, 6) is -0.509. The molecule has 0 aromatic rings. The average molecular weight is 1160 g/mol. The fraction of sp³-hybridized carbons (Fsp3) is 0.831. The van der Waals surface area contributed by atoms with Gasteiger partial charge >= 0.3 is 13.8 Å². The van der Waals surface area contributed by atoms with Crippen LogP contribution < -0.4 is 5.32 Å². The van der Waals surface area contributed by atoms with Crippen molar-refractivity contribution < 1.29 is 37.3 Å². The fourth-order valence-electron chi connectivity index (χ4n) is 10.1. The van der Waals surface area contributed by atoms with Crippen LogP contribution in [-0.2, 0) is 27.9 Å². The average Bonchev–Trinajstić information content (AvgIpc) is 3.44. The van der Waals surface area contributed by atoms with E-state index in [2.05, 4.69) is 74.7 Å². The lowest BCUT2D eigenvalue weighted by Crippen LogP contribution is -2.47. The molecule has 0 aromatic heterocycles. The molecule has 9 nitrogen and oxygen atoms in total. The molecule has 2 N–H and O–H groups in total. The highest BCUT2D eigenvalue weighted by Gasteiger charge is 2.30. The molecule has 3 atom stereocenters. The topological polar surface area (TPSA) is 111 Å². The van der Waals surface area contributed by atoms with Crippen molar-refractivity contribution in [2.75, 3.05) is 40.9 Å². The van der Waals surface area contributed by atoms with E-state index in [1.54, 1.807) is 0 Å². The van der Waals surface area contributed by atoms with Gasteiger partial charge in [0.2, 0.25) is 5.91 Å². The number of esters is 1. The third kappa shape index (κ3) is 62.1. The number of phosphoric acid groups is 1. The number of ether oxygens (including phenoxy) is 1. The second-order valence-electron chi connectivity index (χ2n) is 24.7. The first-order valence-electron chi connectivity index (χ1n) is 34.6. The number of rotatable bonds is 63. The predicted octanol–water partition coefficient (Wildman–Crippen LogP) is 21.8. The summed E-state index contributed by atoms with van der Waals surface area (Å²) in [6.07, 6.45) is 78.1. The van der Waals surface area contributed by atoms with Crippen LogP contribution in [0.3, 0.4) is 0 Å². The molecule has 0 bridgehead atoms. The summed E-state index contributed by atoms with van der Waals surface area (Å²) in [6.45, 7) is 6.92. The van der Waals surface area contributed by atoms with Crippen molar-refractivity contribution >= 4 is 19.7 Å². The van der Waals surface area contributed by atoms with Crippen molar-refractivity contribution in [2.45, 2.75) is 341 Å². The van der Waals surface area contributed by atoms with Gasteiger partial charge < -0.3 is 19.4 Å². The maximum atomic E-state index is 13.6. The molecule has 0 saturated carbocycles. The highest BCUT2D eigenvalue weighted by Crippen LogP contribution is 2.43. The number of carbonyl (C=O) groups excluding carboxylic acids is 2. The number of quaternary nitrogens is 1. The quantitative estimate of drug-likeness (QED) is 0.0205.